The third-order valence-corrected chi connectivity index (χ3v) is 9.06. The van der Waals surface area contributed by atoms with Gasteiger partial charge in [-0.15, -0.1) is 11.3 Å². The molecule has 1 aliphatic rings. The highest BCUT2D eigenvalue weighted by Gasteiger charge is 2.49. The molecule has 0 radical (unpaired) electrons. The maximum atomic E-state index is 12.0. The van der Waals surface area contributed by atoms with Gasteiger partial charge in [0.1, 0.15) is 22.4 Å². The molecule has 0 saturated heterocycles. The van der Waals surface area contributed by atoms with Gasteiger partial charge in [0.15, 0.2) is 0 Å². The lowest BCUT2D eigenvalue weighted by Gasteiger charge is -2.34. The number of anilines is 2. The van der Waals surface area contributed by atoms with Crippen LogP contribution in [-0.4, -0.2) is 88.4 Å². The van der Waals surface area contributed by atoms with Crippen molar-refractivity contribution >= 4 is 43.3 Å². The normalized spacial score (nSPS) is 22.8. The van der Waals surface area contributed by atoms with Crippen molar-refractivity contribution in [1.29, 1.82) is 0 Å². The zero-order valence-electron chi connectivity index (χ0n) is 23.2. The predicted octanol–water partition coefficient (Wildman–Crippen LogP) is 2.06. The second-order valence-corrected chi connectivity index (χ2v) is 13.5. The third-order valence-electron chi connectivity index (χ3n) is 7.12. The summed E-state index contributed by atoms with van der Waals surface area (Å²) in [5.74, 6) is 0.276. The molecule has 3 heterocycles. The standard InChI is InChI=1S/C25H37N7O5S2/c1-12(37-6)11-27-24-28-13(2)18(23-30-19-14(3)26-9-8-17(19)38-23)22(31-24)29-16-10-15(20(33)21(16)34)25(4,5)32-39(7,35)36/h8-9,12,15-16,20-21,32-34H,10-11H2,1-7H3,(H2,27,28,29,31)/t12-,15+,16-,20-,21+/m1/s1. The summed E-state index contributed by atoms with van der Waals surface area (Å²) in [5.41, 5.74) is 1.97. The lowest BCUT2D eigenvalue weighted by atomic mass is 9.85. The number of hydrogen-bond donors (Lipinski definition) is 5. The third kappa shape index (κ3) is 6.47. The molecular weight excluding hydrogens is 542 g/mol. The number of aliphatic hydroxyl groups is 2. The number of rotatable bonds is 10. The molecule has 1 saturated carbocycles. The minimum atomic E-state index is -3.54. The molecule has 0 spiro atoms. The van der Waals surface area contributed by atoms with E-state index in [4.69, 9.17) is 14.7 Å². The highest BCUT2D eigenvalue weighted by atomic mass is 32.2. The molecule has 0 bridgehead atoms. The number of nitrogens with one attached hydrogen (secondary N) is 3. The zero-order valence-corrected chi connectivity index (χ0v) is 24.8. The molecule has 39 heavy (non-hydrogen) atoms. The lowest BCUT2D eigenvalue weighted by Crippen LogP contribution is -2.52. The van der Waals surface area contributed by atoms with Gasteiger partial charge in [-0.05, 0) is 47.1 Å². The predicted molar refractivity (Wildman–Crippen MR) is 152 cm³/mol. The number of aliphatic hydroxyl groups excluding tert-OH is 2. The zero-order chi connectivity index (χ0) is 28.7. The summed E-state index contributed by atoms with van der Waals surface area (Å²) in [6, 6.07) is 1.30. The molecule has 3 aromatic rings. The summed E-state index contributed by atoms with van der Waals surface area (Å²) >= 11 is 1.49. The molecule has 5 N–H and O–H groups in total. The fourth-order valence-corrected chi connectivity index (χ4v) is 7.26. The minimum absolute atomic E-state index is 0.0677. The Morgan fingerprint density at radius 2 is 1.90 bits per heavy atom. The molecule has 1 fully saturated rings. The first kappa shape index (κ1) is 29.5. The Balaban J connectivity index is 1.73. The van der Waals surface area contributed by atoms with Crippen LogP contribution in [0.3, 0.4) is 0 Å². The SMILES string of the molecule is CO[C@H](C)CNc1nc(C)c(-c2nc3c(C)nccc3s2)c(N[C@@H]2C[C@H](C(C)(C)NS(C)(=O)=O)[C@@H](O)[C@H]2O)n1. The van der Waals surface area contributed by atoms with E-state index in [2.05, 4.69) is 25.3 Å². The van der Waals surface area contributed by atoms with Crippen LogP contribution in [-0.2, 0) is 14.8 Å². The smallest absolute Gasteiger partial charge is 0.224 e. The first-order valence-electron chi connectivity index (χ1n) is 12.7. The van der Waals surface area contributed by atoms with E-state index >= 15 is 0 Å². The van der Waals surface area contributed by atoms with E-state index in [1.54, 1.807) is 27.2 Å². The highest BCUT2D eigenvalue weighted by Crippen LogP contribution is 2.40. The van der Waals surface area contributed by atoms with E-state index in [0.717, 1.165) is 22.2 Å². The highest BCUT2D eigenvalue weighted by molar-refractivity contribution is 7.88. The van der Waals surface area contributed by atoms with Gasteiger partial charge in [0.2, 0.25) is 16.0 Å². The van der Waals surface area contributed by atoms with Gasteiger partial charge in [0, 0.05) is 31.3 Å². The molecule has 5 atom stereocenters. The quantitative estimate of drug-likeness (QED) is 0.238. The molecule has 0 aromatic carbocycles. The number of nitrogens with zero attached hydrogens (tertiary/aromatic N) is 4. The fourth-order valence-electron chi connectivity index (χ4n) is 5.04. The Kier molecular flexibility index (Phi) is 8.45. The molecule has 3 aromatic heterocycles. The largest absolute Gasteiger partial charge is 0.390 e. The monoisotopic (exact) mass is 579 g/mol. The number of ether oxygens (including phenoxy) is 1. The summed E-state index contributed by atoms with van der Waals surface area (Å²) in [7, 11) is -1.91. The Labute approximate surface area is 232 Å². The number of methoxy groups -OCH3 is 1. The molecule has 1 aliphatic carbocycles. The van der Waals surface area contributed by atoms with Gasteiger partial charge < -0.3 is 25.6 Å². The second kappa shape index (κ2) is 11.2. The average Bonchev–Trinajstić information content (AvgIpc) is 3.38. The number of aryl methyl sites for hydroxylation is 2. The number of fused-ring (bicyclic) bond motifs is 1. The van der Waals surface area contributed by atoms with Crippen molar-refractivity contribution in [2.24, 2.45) is 5.92 Å². The minimum Gasteiger partial charge on any atom is -0.390 e. The molecule has 0 aliphatic heterocycles. The first-order chi connectivity index (χ1) is 18.2. The van der Waals surface area contributed by atoms with Crippen molar-refractivity contribution in [3.63, 3.8) is 0 Å². The van der Waals surface area contributed by atoms with Crippen molar-refractivity contribution in [3.05, 3.63) is 23.7 Å². The van der Waals surface area contributed by atoms with Gasteiger partial charge >= 0.3 is 0 Å². The van der Waals surface area contributed by atoms with Crippen molar-refractivity contribution in [2.75, 3.05) is 30.5 Å². The van der Waals surface area contributed by atoms with E-state index in [1.807, 2.05) is 26.8 Å². The number of thiazole rings is 1. The number of pyridine rings is 1. The van der Waals surface area contributed by atoms with Crippen LogP contribution in [0.5, 0.6) is 0 Å². The molecule has 214 valence electrons. The fraction of sp³-hybridized carbons (Fsp3) is 0.600. The lowest BCUT2D eigenvalue weighted by molar-refractivity contribution is 0.000720. The van der Waals surface area contributed by atoms with Gasteiger partial charge in [0.05, 0.1) is 46.2 Å². The maximum absolute atomic E-state index is 12.0. The van der Waals surface area contributed by atoms with E-state index < -0.39 is 39.7 Å². The van der Waals surface area contributed by atoms with Crippen LogP contribution in [0, 0.1) is 19.8 Å². The molecule has 0 amide bonds. The van der Waals surface area contributed by atoms with E-state index in [9.17, 15) is 18.6 Å². The number of hydrogen-bond acceptors (Lipinski definition) is 12. The molecule has 12 nitrogen and oxygen atoms in total. The second-order valence-electron chi connectivity index (χ2n) is 10.7. The summed E-state index contributed by atoms with van der Waals surface area (Å²) in [5, 5.41) is 29.2. The van der Waals surface area contributed by atoms with Gasteiger partial charge in [-0.1, -0.05) is 0 Å². The Morgan fingerprint density at radius 3 is 2.54 bits per heavy atom. The molecule has 0 unspecified atom stereocenters. The van der Waals surface area contributed by atoms with Crippen LogP contribution < -0.4 is 15.4 Å². The van der Waals surface area contributed by atoms with E-state index in [-0.39, 0.29) is 6.10 Å². The van der Waals surface area contributed by atoms with E-state index in [0.29, 0.717) is 41.0 Å². The number of sulfonamides is 1. The first-order valence-corrected chi connectivity index (χ1v) is 15.4. The van der Waals surface area contributed by atoms with Gasteiger partial charge in [-0.3, -0.25) is 4.98 Å². The van der Waals surface area contributed by atoms with Crippen LogP contribution in [0.1, 0.15) is 38.6 Å². The van der Waals surface area contributed by atoms with Crippen molar-refractivity contribution < 1.29 is 23.4 Å². The van der Waals surface area contributed by atoms with Gasteiger partial charge in [-0.2, -0.15) is 4.98 Å². The van der Waals surface area contributed by atoms with Crippen molar-refractivity contribution in [1.82, 2.24) is 24.7 Å². The summed E-state index contributed by atoms with van der Waals surface area (Å²) in [4.78, 5) is 18.6. The Morgan fingerprint density at radius 1 is 1.18 bits per heavy atom. The molecule has 4 rings (SSSR count). The van der Waals surface area contributed by atoms with Gasteiger partial charge in [0.25, 0.3) is 0 Å². The maximum Gasteiger partial charge on any atom is 0.224 e. The molecule has 14 heteroatoms. The van der Waals surface area contributed by atoms with Crippen molar-refractivity contribution in [3.8, 4) is 10.6 Å². The van der Waals surface area contributed by atoms with Crippen LogP contribution in [0.2, 0.25) is 0 Å². The summed E-state index contributed by atoms with van der Waals surface area (Å²) < 4.78 is 32.8. The summed E-state index contributed by atoms with van der Waals surface area (Å²) in [6.07, 6.45) is 0.732. The summed E-state index contributed by atoms with van der Waals surface area (Å²) in [6.45, 7) is 9.58. The number of aromatic nitrogens is 4. The van der Waals surface area contributed by atoms with Crippen LogP contribution in [0.25, 0.3) is 20.8 Å². The molecular formula is C25H37N7O5S2. The van der Waals surface area contributed by atoms with Gasteiger partial charge in [-0.25, -0.2) is 23.1 Å². The van der Waals surface area contributed by atoms with E-state index in [1.165, 1.54) is 11.3 Å². The van der Waals surface area contributed by atoms with Crippen LogP contribution in [0.4, 0.5) is 11.8 Å². The van der Waals surface area contributed by atoms with Crippen molar-refractivity contribution in [2.45, 2.75) is 70.9 Å². The van der Waals surface area contributed by atoms with Crippen LogP contribution >= 0.6 is 11.3 Å². The average molecular weight is 580 g/mol. The Bertz CT molecular complexity index is 1450. The topological polar surface area (TPSA) is 171 Å². The van der Waals surface area contributed by atoms with Crippen LogP contribution in [0.15, 0.2) is 12.3 Å². The Hall–Kier alpha value is -2.49.